The zero-order chi connectivity index (χ0) is 13.9. The lowest BCUT2D eigenvalue weighted by Crippen LogP contribution is -2.32. The first-order chi connectivity index (χ1) is 8.94. The Morgan fingerprint density at radius 2 is 1.79 bits per heavy atom. The highest BCUT2D eigenvalue weighted by Gasteiger charge is 2.17. The summed E-state index contributed by atoms with van der Waals surface area (Å²) < 4.78 is 21.9. The van der Waals surface area contributed by atoms with Crippen LogP contribution >= 0.6 is 0 Å². The number of amides is 2. The number of primary sulfonamides is 1. The molecule has 19 heavy (non-hydrogen) atoms. The van der Waals surface area contributed by atoms with Crippen LogP contribution in [0.5, 0.6) is 0 Å². The number of benzene rings is 1. The summed E-state index contributed by atoms with van der Waals surface area (Å²) in [6, 6.07) is 6.52. The number of nitrogens with two attached hydrogens (primary N) is 1. The summed E-state index contributed by atoms with van der Waals surface area (Å²) in [5.41, 5.74) is 1.25. The maximum Gasteiger partial charge on any atom is 0.321 e. The quantitative estimate of drug-likeness (QED) is 0.870. The Balaban J connectivity index is 1.96. The lowest BCUT2D eigenvalue weighted by molar-refractivity contribution is 0.222. The van der Waals surface area contributed by atoms with E-state index in [9.17, 15) is 13.2 Å². The van der Waals surface area contributed by atoms with Gasteiger partial charge in [0.2, 0.25) is 10.0 Å². The number of likely N-dealkylation sites (tertiary alicyclic amines) is 1. The van der Waals surface area contributed by atoms with Crippen LogP contribution in [0, 0.1) is 0 Å². The molecule has 1 fully saturated rings. The summed E-state index contributed by atoms with van der Waals surface area (Å²) in [7, 11) is -3.52. The minimum atomic E-state index is -3.52. The monoisotopic (exact) mass is 283 g/mol. The molecule has 0 unspecified atom stereocenters. The molecule has 3 N–H and O–H groups in total. The molecule has 0 radical (unpaired) electrons. The number of hydrogen-bond acceptors (Lipinski definition) is 3. The van der Waals surface area contributed by atoms with Gasteiger partial charge in [-0.1, -0.05) is 12.1 Å². The van der Waals surface area contributed by atoms with Gasteiger partial charge in [0.05, 0.1) is 5.75 Å². The number of sulfonamides is 1. The van der Waals surface area contributed by atoms with Crippen molar-refractivity contribution >= 4 is 21.7 Å². The molecule has 2 rings (SSSR count). The SMILES string of the molecule is NS(=O)(=O)Cc1ccc(NC(=O)N2CCCC2)cc1. The first kappa shape index (κ1) is 13.8. The number of nitrogens with zero attached hydrogens (tertiary/aromatic N) is 1. The molecule has 0 spiro atoms. The van der Waals surface area contributed by atoms with Gasteiger partial charge >= 0.3 is 6.03 Å². The molecule has 0 saturated carbocycles. The topological polar surface area (TPSA) is 92.5 Å². The zero-order valence-electron chi connectivity index (χ0n) is 10.5. The predicted molar refractivity (Wildman–Crippen MR) is 73.1 cm³/mol. The third kappa shape index (κ3) is 4.22. The van der Waals surface area contributed by atoms with Gasteiger partial charge in [-0.05, 0) is 30.5 Å². The van der Waals surface area contributed by atoms with Crippen molar-refractivity contribution in [1.29, 1.82) is 0 Å². The van der Waals surface area contributed by atoms with Crippen LogP contribution in [0.3, 0.4) is 0 Å². The van der Waals surface area contributed by atoms with Gasteiger partial charge in [-0.15, -0.1) is 0 Å². The normalized spacial score (nSPS) is 15.5. The fraction of sp³-hybridized carbons (Fsp3) is 0.417. The second-order valence-corrected chi connectivity index (χ2v) is 6.24. The third-order valence-electron chi connectivity index (χ3n) is 2.97. The standard InChI is InChI=1S/C12H17N3O3S/c13-19(17,18)9-10-3-5-11(6-4-10)14-12(16)15-7-1-2-8-15/h3-6H,1-2,7-9H2,(H,14,16)(H2,13,17,18). The van der Waals surface area contributed by atoms with Gasteiger partial charge in [-0.3, -0.25) is 0 Å². The predicted octanol–water partition coefficient (Wildman–Crippen LogP) is 1.10. The second-order valence-electron chi connectivity index (χ2n) is 4.63. The molecule has 7 heteroatoms. The number of hydrogen-bond donors (Lipinski definition) is 2. The van der Waals surface area contributed by atoms with E-state index in [1.54, 1.807) is 29.2 Å². The maximum atomic E-state index is 11.8. The molecule has 0 atom stereocenters. The Kier molecular flexibility index (Phi) is 4.06. The first-order valence-electron chi connectivity index (χ1n) is 6.09. The van der Waals surface area contributed by atoms with Crippen LogP contribution in [0.1, 0.15) is 18.4 Å². The van der Waals surface area contributed by atoms with E-state index in [-0.39, 0.29) is 11.8 Å². The number of carbonyl (C=O) groups excluding carboxylic acids is 1. The summed E-state index contributed by atoms with van der Waals surface area (Å²) in [4.78, 5) is 13.6. The van der Waals surface area contributed by atoms with Crippen molar-refractivity contribution < 1.29 is 13.2 Å². The number of nitrogens with one attached hydrogen (secondary N) is 1. The Bertz CT molecular complexity index is 548. The molecule has 2 amide bonds. The minimum Gasteiger partial charge on any atom is -0.325 e. The molecule has 0 aliphatic carbocycles. The van der Waals surface area contributed by atoms with Gasteiger partial charge in [0.15, 0.2) is 0 Å². The smallest absolute Gasteiger partial charge is 0.321 e. The van der Waals surface area contributed by atoms with Crippen molar-refractivity contribution in [3.63, 3.8) is 0 Å². The van der Waals surface area contributed by atoms with Crippen molar-refractivity contribution in [2.24, 2.45) is 5.14 Å². The molecule has 0 bridgehead atoms. The Morgan fingerprint density at radius 3 is 2.32 bits per heavy atom. The van der Waals surface area contributed by atoms with E-state index in [0.29, 0.717) is 11.3 Å². The summed E-state index contributed by atoms with van der Waals surface area (Å²) in [6.07, 6.45) is 2.08. The third-order valence-corrected chi connectivity index (χ3v) is 3.70. The second kappa shape index (κ2) is 5.58. The number of rotatable bonds is 3. The van der Waals surface area contributed by atoms with Crippen LogP contribution in [0.4, 0.5) is 10.5 Å². The van der Waals surface area contributed by atoms with E-state index in [2.05, 4.69) is 5.32 Å². The van der Waals surface area contributed by atoms with E-state index in [0.717, 1.165) is 25.9 Å². The molecule has 1 saturated heterocycles. The van der Waals surface area contributed by atoms with Crippen molar-refractivity contribution in [2.75, 3.05) is 18.4 Å². The summed E-state index contributed by atoms with van der Waals surface area (Å²) in [5.74, 6) is -0.201. The van der Waals surface area contributed by atoms with Gasteiger partial charge in [-0.2, -0.15) is 0 Å². The summed E-state index contributed by atoms with van der Waals surface area (Å²) in [6.45, 7) is 1.57. The molecule has 1 heterocycles. The van der Waals surface area contributed by atoms with Crippen molar-refractivity contribution in [2.45, 2.75) is 18.6 Å². The molecule has 1 aliphatic heterocycles. The van der Waals surface area contributed by atoms with Gasteiger partial charge in [0.1, 0.15) is 0 Å². The van der Waals surface area contributed by atoms with Crippen molar-refractivity contribution in [3.8, 4) is 0 Å². The van der Waals surface area contributed by atoms with Crippen LogP contribution in [-0.4, -0.2) is 32.4 Å². The van der Waals surface area contributed by atoms with Crippen molar-refractivity contribution in [1.82, 2.24) is 4.90 Å². The molecule has 1 aromatic rings. The molecular weight excluding hydrogens is 266 g/mol. The number of urea groups is 1. The van der Waals surface area contributed by atoms with Crippen LogP contribution in [0.15, 0.2) is 24.3 Å². The Hall–Kier alpha value is -1.60. The zero-order valence-corrected chi connectivity index (χ0v) is 11.3. The molecular formula is C12H17N3O3S. The minimum absolute atomic E-state index is 0.114. The van der Waals surface area contributed by atoms with Crippen LogP contribution in [0.2, 0.25) is 0 Å². The van der Waals surface area contributed by atoms with E-state index >= 15 is 0 Å². The molecule has 6 nitrogen and oxygen atoms in total. The van der Waals surface area contributed by atoms with Crippen LogP contribution < -0.4 is 10.5 Å². The Labute approximate surface area is 112 Å². The number of anilines is 1. The molecule has 0 aromatic heterocycles. The van der Waals surface area contributed by atoms with E-state index in [1.807, 2.05) is 0 Å². The van der Waals surface area contributed by atoms with Crippen LogP contribution in [-0.2, 0) is 15.8 Å². The van der Waals surface area contributed by atoms with Crippen molar-refractivity contribution in [3.05, 3.63) is 29.8 Å². The number of carbonyl (C=O) groups is 1. The molecule has 1 aromatic carbocycles. The van der Waals surface area contributed by atoms with Gasteiger partial charge < -0.3 is 10.2 Å². The lowest BCUT2D eigenvalue weighted by atomic mass is 10.2. The average Bonchev–Trinajstić information content (AvgIpc) is 2.83. The first-order valence-corrected chi connectivity index (χ1v) is 7.81. The molecule has 1 aliphatic rings. The highest BCUT2D eigenvalue weighted by molar-refractivity contribution is 7.88. The van der Waals surface area contributed by atoms with Gasteiger partial charge in [-0.25, -0.2) is 18.4 Å². The van der Waals surface area contributed by atoms with Crippen LogP contribution in [0.25, 0.3) is 0 Å². The van der Waals surface area contributed by atoms with Gasteiger partial charge in [0.25, 0.3) is 0 Å². The molecule has 104 valence electrons. The highest BCUT2D eigenvalue weighted by atomic mass is 32.2. The summed E-state index contributed by atoms with van der Waals surface area (Å²) >= 11 is 0. The summed E-state index contributed by atoms with van der Waals surface area (Å²) in [5, 5.41) is 7.74. The van der Waals surface area contributed by atoms with E-state index in [4.69, 9.17) is 5.14 Å². The maximum absolute atomic E-state index is 11.8. The van der Waals surface area contributed by atoms with Gasteiger partial charge in [0, 0.05) is 18.8 Å². The van der Waals surface area contributed by atoms with E-state index in [1.165, 1.54) is 0 Å². The lowest BCUT2D eigenvalue weighted by Gasteiger charge is -2.16. The Morgan fingerprint density at radius 1 is 1.21 bits per heavy atom. The largest absolute Gasteiger partial charge is 0.325 e. The average molecular weight is 283 g/mol. The fourth-order valence-corrected chi connectivity index (χ4v) is 2.70. The fourth-order valence-electron chi connectivity index (χ4n) is 2.04. The van der Waals surface area contributed by atoms with E-state index < -0.39 is 10.0 Å². The highest BCUT2D eigenvalue weighted by Crippen LogP contribution is 2.14.